The fraction of sp³-hybridized carbons (Fsp3) is 0.346. The minimum absolute atomic E-state index is 0.119. The second-order valence-electron chi connectivity index (χ2n) is 9.55. The quantitative estimate of drug-likeness (QED) is 0.414. The second kappa shape index (κ2) is 7.54. The first-order chi connectivity index (χ1) is 15.9. The molecule has 3 amide bonds. The Hall–Kier alpha value is -2.44. The predicted molar refractivity (Wildman–Crippen MR) is 129 cm³/mol. The van der Waals surface area contributed by atoms with Crippen LogP contribution in [-0.2, 0) is 9.59 Å². The summed E-state index contributed by atoms with van der Waals surface area (Å²) in [6, 6.07) is 12.4. The molecule has 2 bridgehead atoms. The van der Waals surface area contributed by atoms with Gasteiger partial charge in [-0.05, 0) is 82.8 Å². The summed E-state index contributed by atoms with van der Waals surface area (Å²) in [4.78, 5) is 43.5. The fourth-order valence-electron chi connectivity index (χ4n) is 6.21. The van der Waals surface area contributed by atoms with Gasteiger partial charge in [0.2, 0.25) is 11.8 Å². The average Bonchev–Trinajstić information content (AvgIpc) is 3.60. The Morgan fingerprint density at radius 1 is 1.06 bits per heavy atom. The average molecular weight is 526 g/mol. The third kappa shape index (κ3) is 3.14. The van der Waals surface area contributed by atoms with Crippen LogP contribution in [0.25, 0.3) is 0 Å². The molecule has 0 spiro atoms. The molecule has 168 valence electrons. The lowest BCUT2D eigenvalue weighted by Crippen LogP contribution is -2.45. The maximum absolute atomic E-state index is 13.6. The van der Waals surface area contributed by atoms with Crippen molar-refractivity contribution in [3.8, 4) is 0 Å². The first-order valence-corrected chi connectivity index (χ1v) is 12.4. The lowest BCUT2D eigenvalue weighted by atomic mass is 9.63. The van der Waals surface area contributed by atoms with Crippen molar-refractivity contribution in [2.24, 2.45) is 35.5 Å². The van der Waals surface area contributed by atoms with Crippen molar-refractivity contribution in [2.75, 3.05) is 11.6 Å². The highest BCUT2D eigenvalue weighted by Gasteiger charge is 2.67. The Labute approximate surface area is 205 Å². The summed E-state index contributed by atoms with van der Waals surface area (Å²) in [5, 5.41) is 0.455. The highest BCUT2D eigenvalue weighted by atomic mass is 79.9. The molecule has 2 aromatic carbocycles. The molecule has 7 heteroatoms. The normalized spacial score (nSPS) is 30.9. The number of halogens is 2. The van der Waals surface area contributed by atoms with Gasteiger partial charge in [-0.3, -0.25) is 24.2 Å². The number of hydrogen-bond donors (Lipinski definition) is 0. The zero-order valence-electron chi connectivity index (χ0n) is 17.9. The van der Waals surface area contributed by atoms with E-state index in [1.807, 2.05) is 19.1 Å². The van der Waals surface area contributed by atoms with Crippen LogP contribution in [0.15, 0.2) is 59.1 Å². The Morgan fingerprint density at radius 2 is 1.67 bits per heavy atom. The minimum atomic E-state index is -0.292. The number of allylic oxidation sites excluding steroid dienone is 2. The molecule has 0 radical (unpaired) electrons. The summed E-state index contributed by atoms with van der Waals surface area (Å²) in [7, 11) is 0. The lowest BCUT2D eigenvalue weighted by molar-refractivity contribution is -0.140. The van der Waals surface area contributed by atoms with Crippen molar-refractivity contribution in [2.45, 2.75) is 13.3 Å². The zero-order chi connectivity index (χ0) is 23.0. The molecule has 6 unspecified atom stereocenters. The molecule has 1 heterocycles. The molecular weight excluding hydrogens is 504 g/mol. The van der Waals surface area contributed by atoms with E-state index in [1.165, 1.54) is 9.80 Å². The summed E-state index contributed by atoms with van der Waals surface area (Å²) >= 11 is 9.81. The number of hydrogen-bond acceptors (Lipinski definition) is 3. The number of likely N-dealkylation sites (tertiary alicyclic amines) is 1. The van der Waals surface area contributed by atoms with Gasteiger partial charge < -0.3 is 0 Å². The van der Waals surface area contributed by atoms with Gasteiger partial charge in [-0.15, -0.1) is 0 Å². The molecular formula is C26H22BrClN2O3. The van der Waals surface area contributed by atoms with Gasteiger partial charge in [-0.2, -0.15) is 0 Å². The van der Waals surface area contributed by atoms with Crippen molar-refractivity contribution in [3.63, 3.8) is 0 Å². The smallest absolute Gasteiger partial charge is 0.259 e. The van der Waals surface area contributed by atoms with E-state index in [0.29, 0.717) is 28.1 Å². The van der Waals surface area contributed by atoms with Gasteiger partial charge in [-0.25, -0.2) is 0 Å². The van der Waals surface area contributed by atoms with Gasteiger partial charge in [0.1, 0.15) is 6.67 Å². The van der Waals surface area contributed by atoms with Crippen LogP contribution in [0.1, 0.15) is 22.3 Å². The van der Waals surface area contributed by atoms with Gasteiger partial charge in [-0.1, -0.05) is 42.0 Å². The van der Waals surface area contributed by atoms with Crippen LogP contribution < -0.4 is 4.90 Å². The number of aryl methyl sites for hydroxylation is 1. The summed E-state index contributed by atoms with van der Waals surface area (Å²) in [5.41, 5.74) is 1.88. The molecule has 0 aromatic heterocycles. The molecule has 1 saturated heterocycles. The molecule has 0 N–H and O–H groups in total. The second-order valence-corrected chi connectivity index (χ2v) is 10.8. The molecule has 3 fully saturated rings. The van der Waals surface area contributed by atoms with Crippen LogP contribution in [0.4, 0.5) is 5.69 Å². The SMILES string of the molecule is Cc1cc(Br)c(Cl)cc1N(CN1C(=O)C2C3C=CC(C4CC34)C2C1=O)C(=O)c1ccccc1. The minimum Gasteiger partial charge on any atom is -0.289 e. The topological polar surface area (TPSA) is 57.7 Å². The lowest BCUT2D eigenvalue weighted by Gasteiger charge is -2.37. The molecule has 2 aromatic rings. The van der Waals surface area contributed by atoms with Crippen LogP contribution in [0, 0.1) is 42.4 Å². The first kappa shape index (κ1) is 21.1. The van der Waals surface area contributed by atoms with E-state index >= 15 is 0 Å². The molecule has 2 saturated carbocycles. The predicted octanol–water partition coefficient (Wildman–Crippen LogP) is 5.07. The largest absolute Gasteiger partial charge is 0.289 e. The van der Waals surface area contributed by atoms with E-state index in [-0.39, 0.29) is 48.1 Å². The summed E-state index contributed by atoms with van der Waals surface area (Å²) < 4.78 is 0.721. The van der Waals surface area contributed by atoms with Crippen LogP contribution in [-0.4, -0.2) is 29.3 Å². The highest BCUT2D eigenvalue weighted by molar-refractivity contribution is 9.10. The maximum atomic E-state index is 13.6. The van der Waals surface area contributed by atoms with Gasteiger partial charge >= 0.3 is 0 Å². The number of imide groups is 1. The molecule has 5 nitrogen and oxygen atoms in total. The van der Waals surface area contributed by atoms with E-state index < -0.39 is 0 Å². The van der Waals surface area contributed by atoms with E-state index in [9.17, 15) is 14.4 Å². The Kier molecular flexibility index (Phi) is 4.82. The standard InChI is InChI=1S/C26H22BrClN2O3/c1-13-9-19(27)20(28)11-21(13)29(24(31)14-5-3-2-4-6-14)12-30-25(32)22-15-7-8-16(18-10-17(15)18)23(22)26(30)33/h2-9,11,15-18,22-23H,10,12H2,1H3. The Morgan fingerprint density at radius 3 is 2.27 bits per heavy atom. The molecule has 5 aliphatic rings. The number of anilines is 1. The van der Waals surface area contributed by atoms with Crippen molar-refractivity contribution in [1.29, 1.82) is 0 Å². The molecule has 6 atom stereocenters. The Bertz CT molecular complexity index is 1190. The van der Waals surface area contributed by atoms with Gasteiger partial charge in [0.05, 0.1) is 22.5 Å². The first-order valence-electron chi connectivity index (χ1n) is 11.2. The third-order valence-corrected chi connectivity index (χ3v) is 9.03. The van der Waals surface area contributed by atoms with E-state index in [0.717, 1.165) is 16.5 Å². The number of carbonyl (C=O) groups excluding carboxylic acids is 3. The summed E-state index contributed by atoms with van der Waals surface area (Å²) in [6.07, 6.45) is 5.42. The zero-order valence-corrected chi connectivity index (χ0v) is 20.3. The van der Waals surface area contributed by atoms with Crippen molar-refractivity contribution in [3.05, 3.63) is 75.2 Å². The van der Waals surface area contributed by atoms with E-state index in [4.69, 9.17) is 11.6 Å². The molecule has 1 aliphatic heterocycles. The Balaban J connectivity index is 1.38. The molecule has 33 heavy (non-hydrogen) atoms. The number of rotatable bonds is 4. The highest BCUT2D eigenvalue weighted by Crippen LogP contribution is 2.65. The van der Waals surface area contributed by atoms with Gasteiger partial charge in [0, 0.05) is 10.0 Å². The van der Waals surface area contributed by atoms with Crippen molar-refractivity contribution in [1.82, 2.24) is 4.90 Å². The summed E-state index contributed by atoms with van der Waals surface area (Å²) in [6.45, 7) is 1.76. The van der Waals surface area contributed by atoms with Crippen LogP contribution in [0.3, 0.4) is 0 Å². The third-order valence-electron chi connectivity index (χ3n) is 7.83. The number of carbonyl (C=O) groups is 3. The van der Waals surface area contributed by atoms with Crippen LogP contribution >= 0.6 is 27.5 Å². The van der Waals surface area contributed by atoms with Gasteiger partial charge in [0.15, 0.2) is 0 Å². The van der Waals surface area contributed by atoms with Crippen LogP contribution in [0.5, 0.6) is 0 Å². The molecule has 7 rings (SSSR count). The maximum Gasteiger partial charge on any atom is 0.259 e. The molecule has 4 aliphatic carbocycles. The monoisotopic (exact) mass is 524 g/mol. The fourth-order valence-corrected chi connectivity index (χ4v) is 6.83. The van der Waals surface area contributed by atoms with Crippen molar-refractivity contribution < 1.29 is 14.4 Å². The van der Waals surface area contributed by atoms with E-state index in [1.54, 1.807) is 30.3 Å². The summed E-state index contributed by atoms with van der Waals surface area (Å²) in [5.74, 6) is 0.195. The number of benzene rings is 2. The van der Waals surface area contributed by atoms with Gasteiger partial charge in [0.25, 0.3) is 5.91 Å². The van der Waals surface area contributed by atoms with Crippen LogP contribution in [0.2, 0.25) is 5.02 Å². The van der Waals surface area contributed by atoms with Crippen molar-refractivity contribution >= 4 is 50.9 Å². The van der Waals surface area contributed by atoms with E-state index in [2.05, 4.69) is 28.1 Å². The number of nitrogens with zero attached hydrogens (tertiary/aromatic N) is 2. The number of amides is 3.